The van der Waals surface area contributed by atoms with Crippen LogP contribution < -0.4 is 10.3 Å². The van der Waals surface area contributed by atoms with Crippen molar-refractivity contribution in [3.63, 3.8) is 0 Å². The summed E-state index contributed by atoms with van der Waals surface area (Å²) in [4.78, 5) is 16.9. The Labute approximate surface area is 145 Å². The van der Waals surface area contributed by atoms with E-state index in [0.29, 0.717) is 5.03 Å². The number of methoxy groups -OCH3 is 1. The first-order valence-corrected chi connectivity index (χ1v) is 8.56. The number of hydrogen-bond donors (Lipinski definition) is 0. The van der Waals surface area contributed by atoms with Crippen LogP contribution in [-0.2, 0) is 5.75 Å². The van der Waals surface area contributed by atoms with Gasteiger partial charge in [0.25, 0.3) is 5.56 Å². The molecule has 122 valence electrons. The van der Waals surface area contributed by atoms with E-state index in [1.165, 1.54) is 22.9 Å². The molecule has 2 aromatic carbocycles. The monoisotopic (exact) mass is 338 g/mol. The molecule has 0 radical (unpaired) electrons. The fraction of sp³-hybridized carbons (Fsp3) is 0.158. The van der Waals surface area contributed by atoms with Crippen LogP contribution in [-0.4, -0.2) is 16.7 Å². The Hall–Kier alpha value is -2.53. The van der Waals surface area contributed by atoms with Gasteiger partial charge in [-0.2, -0.15) is 0 Å². The minimum absolute atomic E-state index is 0.111. The zero-order valence-corrected chi connectivity index (χ0v) is 14.4. The fourth-order valence-corrected chi connectivity index (χ4v) is 3.23. The SMILES string of the molecule is COc1ccc(-n2ccnc(SCc3cccc(C)c3)c2=O)cc1. The van der Waals surface area contributed by atoms with Crippen LogP contribution in [0.4, 0.5) is 0 Å². The van der Waals surface area contributed by atoms with E-state index >= 15 is 0 Å². The van der Waals surface area contributed by atoms with Crippen LogP contribution in [0.5, 0.6) is 5.75 Å². The lowest BCUT2D eigenvalue weighted by Crippen LogP contribution is -2.20. The van der Waals surface area contributed by atoms with Crippen molar-refractivity contribution in [2.45, 2.75) is 17.7 Å². The summed E-state index contributed by atoms with van der Waals surface area (Å²) in [6, 6.07) is 15.7. The number of thioether (sulfide) groups is 1. The van der Waals surface area contributed by atoms with Crippen LogP contribution in [0.3, 0.4) is 0 Å². The molecule has 4 nitrogen and oxygen atoms in total. The molecular weight excluding hydrogens is 320 g/mol. The average molecular weight is 338 g/mol. The van der Waals surface area contributed by atoms with E-state index < -0.39 is 0 Å². The molecule has 24 heavy (non-hydrogen) atoms. The molecule has 5 heteroatoms. The number of aromatic nitrogens is 2. The third kappa shape index (κ3) is 3.68. The van der Waals surface area contributed by atoms with E-state index in [4.69, 9.17) is 4.74 Å². The Morgan fingerprint density at radius 1 is 1.17 bits per heavy atom. The van der Waals surface area contributed by atoms with Crippen LogP contribution in [0, 0.1) is 6.92 Å². The molecule has 1 aromatic heterocycles. The largest absolute Gasteiger partial charge is 0.497 e. The van der Waals surface area contributed by atoms with Gasteiger partial charge in [0, 0.05) is 23.8 Å². The molecule has 3 rings (SSSR count). The highest BCUT2D eigenvalue weighted by Crippen LogP contribution is 2.19. The van der Waals surface area contributed by atoms with Gasteiger partial charge in [-0.3, -0.25) is 9.36 Å². The van der Waals surface area contributed by atoms with Crippen molar-refractivity contribution in [3.05, 3.63) is 82.4 Å². The van der Waals surface area contributed by atoms with Crippen molar-refractivity contribution in [2.75, 3.05) is 7.11 Å². The van der Waals surface area contributed by atoms with Gasteiger partial charge in [0.05, 0.1) is 7.11 Å². The number of rotatable bonds is 5. The van der Waals surface area contributed by atoms with Crippen molar-refractivity contribution in [1.29, 1.82) is 0 Å². The molecule has 0 spiro atoms. The molecule has 0 bridgehead atoms. The first-order chi connectivity index (χ1) is 11.7. The summed E-state index contributed by atoms with van der Waals surface area (Å²) < 4.78 is 6.75. The number of hydrogen-bond acceptors (Lipinski definition) is 4. The molecule has 0 N–H and O–H groups in total. The number of ether oxygens (including phenoxy) is 1. The molecule has 0 saturated heterocycles. The predicted octanol–water partition coefficient (Wildman–Crippen LogP) is 3.84. The molecule has 0 amide bonds. The maximum Gasteiger partial charge on any atom is 0.287 e. The highest BCUT2D eigenvalue weighted by Gasteiger charge is 2.08. The Morgan fingerprint density at radius 2 is 1.96 bits per heavy atom. The molecule has 0 saturated carbocycles. The first kappa shape index (κ1) is 16.3. The van der Waals surface area contributed by atoms with Crippen LogP contribution in [0.25, 0.3) is 5.69 Å². The smallest absolute Gasteiger partial charge is 0.287 e. The third-order valence-corrected chi connectivity index (χ3v) is 4.65. The highest BCUT2D eigenvalue weighted by molar-refractivity contribution is 7.98. The molecule has 0 unspecified atom stereocenters. The van der Waals surface area contributed by atoms with E-state index in [9.17, 15) is 4.79 Å². The molecule has 0 atom stereocenters. The van der Waals surface area contributed by atoms with E-state index in [-0.39, 0.29) is 5.56 Å². The predicted molar refractivity (Wildman–Crippen MR) is 97.1 cm³/mol. The Kier molecular flexibility index (Phi) is 5.01. The molecule has 0 aliphatic heterocycles. The quantitative estimate of drug-likeness (QED) is 0.663. The number of nitrogens with zero attached hydrogens (tertiary/aromatic N) is 2. The van der Waals surface area contributed by atoms with Gasteiger partial charge in [0.15, 0.2) is 5.03 Å². The van der Waals surface area contributed by atoms with Crippen LogP contribution in [0.15, 0.2) is 70.7 Å². The summed E-state index contributed by atoms with van der Waals surface area (Å²) in [6.07, 6.45) is 3.34. The number of aryl methyl sites for hydroxylation is 1. The van der Waals surface area contributed by atoms with Crippen molar-refractivity contribution in [3.8, 4) is 11.4 Å². The molecule has 0 aliphatic rings. The lowest BCUT2D eigenvalue weighted by atomic mass is 10.2. The summed E-state index contributed by atoms with van der Waals surface area (Å²) >= 11 is 1.46. The summed E-state index contributed by atoms with van der Waals surface area (Å²) in [7, 11) is 1.62. The Balaban J connectivity index is 1.83. The molecule has 3 aromatic rings. The van der Waals surface area contributed by atoms with Crippen molar-refractivity contribution in [1.82, 2.24) is 9.55 Å². The second-order valence-electron chi connectivity index (χ2n) is 5.38. The summed E-state index contributed by atoms with van der Waals surface area (Å²) in [5, 5.41) is 0.495. The average Bonchev–Trinajstić information content (AvgIpc) is 2.61. The van der Waals surface area contributed by atoms with Crippen LogP contribution >= 0.6 is 11.8 Å². The number of benzene rings is 2. The lowest BCUT2D eigenvalue weighted by molar-refractivity contribution is 0.414. The standard InChI is InChI=1S/C19H18N2O2S/c1-14-4-3-5-15(12-14)13-24-18-19(22)21(11-10-20-18)16-6-8-17(23-2)9-7-16/h3-12H,13H2,1-2H3. The molecule has 1 heterocycles. The lowest BCUT2D eigenvalue weighted by Gasteiger charge is -2.08. The van der Waals surface area contributed by atoms with Gasteiger partial charge in [0.2, 0.25) is 0 Å². The normalized spacial score (nSPS) is 10.6. The zero-order chi connectivity index (χ0) is 16.9. The summed E-state index contributed by atoms with van der Waals surface area (Å²) in [5.41, 5.74) is 3.08. The fourth-order valence-electron chi connectivity index (χ4n) is 2.39. The van der Waals surface area contributed by atoms with Gasteiger partial charge in [-0.05, 0) is 36.8 Å². The van der Waals surface area contributed by atoms with Gasteiger partial charge in [-0.15, -0.1) is 0 Å². The molecular formula is C19H18N2O2S. The van der Waals surface area contributed by atoms with E-state index in [0.717, 1.165) is 17.2 Å². The van der Waals surface area contributed by atoms with E-state index in [2.05, 4.69) is 30.1 Å². The van der Waals surface area contributed by atoms with Crippen LogP contribution in [0.1, 0.15) is 11.1 Å². The minimum atomic E-state index is -0.111. The maximum absolute atomic E-state index is 12.7. The Morgan fingerprint density at radius 3 is 2.67 bits per heavy atom. The summed E-state index contributed by atoms with van der Waals surface area (Å²) in [6.45, 7) is 2.06. The first-order valence-electron chi connectivity index (χ1n) is 7.58. The van der Waals surface area contributed by atoms with Crippen molar-refractivity contribution < 1.29 is 4.74 Å². The van der Waals surface area contributed by atoms with Crippen molar-refractivity contribution in [2.24, 2.45) is 0 Å². The second-order valence-corrected chi connectivity index (χ2v) is 6.35. The zero-order valence-electron chi connectivity index (χ0n) is 13.6. The van der Waals surface area contributed by atoms with Gasteiger partial charge in [-0.25, -0.2) is 4.98 Å². The Bertz CT molecular complexity index is 888. The second kappa shape index (κ2) is 7.36. The maximum atomic E-state index is 12.7. The van der Waals surface area contributed by atoms with Gasteiger partial charge >= 0.3 is 0 Å². The van der Waals surface area contributed by atoms with Crippen molar-refractivity contribution >= 4 is 11.8 Å². The highest BCUT2D eigenvalue weighted by atomic mass is 32.2. The van der Waals surface area contributed by atoms with Gasteiger partial charge in [-0.1, -0.05) is 41.6 Å². The van der Waals surface area contributed by atoms with Crippen LogP contribution in [0.2, 0.25) is 0 Å². The van der Waals surface area contributed by atoms with E-state index in [1.54, 1.807) is 24.1 Å². The third-order valence-electron chi connectivity index (χ3n) is 3.62. The summed E-state index contributed by atoms with van der Waals surface area (Å²) in [5.74, 6) is 1.48. The minimum Gasteiger partial charge on any atom is -0.497 e. The molecule has 0 aliphatic carbocycles. The van der Waals surface area contributed by atoms with Gasteiger partial charge in [0.1, 0.15) is 5.75 Å². The molecule has 0 fully saturated rings. The van der Waals surface area contributed by atoms with E-state index in [1.807, 2.05) is 30.3 Å². The van der Waals surface area contributed by atoms with Gasteiger partial charge < -0.3 is 4.74 Å². The topological polar surface area (TPSA) is 44.1 Å².